The van der Waals surface area contributed by atoms with E-state index in [0.29, 0.717) is 11.8 Å². The molecule has 0 N–H and O–H groups in total. The van der Waals surface area contributed by atoms with E-state index in [9.17, 15) is 4.79 Å². The Labute approximate surface area is 168 Å². The minimum absolute atomic E-state index is 0.326. The molecule has 1 aliphatic carbocycles. The molecule has 0 radical (unpaired) electrons. The number of carbonyl (C=O) groups excluding carboxylic acids is 1. The summed E-state index contributed by atoms with van der Waals surface area (Å²) in [5.41, 5.74) is 2.31. The molecule has 4 rings (SSSR count). The monoisotopic (exact) mass is 387 g/mol. The number of hydrogen-bond donors (Lipinski definition) is 0. The topological polar surface area (TPSA) is 61.8 Å². The standard InChI is InChI=1S/C21H33N5O2/c1-24(2)20-17-7-9-25(19(27)15-16-5-3-4-6-16)10-8-18(17)22-21(23-20)26-11-13-28-14-12-26/h16H,3-15H2,1-2H3. The molecule has 0 atom stereocenters. The van der Waals surface area contributed by atoms with Crippen molar-refractivity contribution in [3.8, 4) is 0 Å². The fraction of sp³-hybridized carbons (Fsp3) is 0.762. The first-order valence-electron chi connectivity index (χ1n) is 10.8. The summed E-state index contributed by atoms with van der Waals surface area (Å²) in [5.74, 6) is 2.73. The molecule has 3 aliphatic rings. The Hall–Kier alpha value is -1.89. The van der Waals surface area contributed by atoms with Gasteiger partial charge in [0.1, 0.15) is 5.82 Å². The van der Waals surface area contributed by atoms with Crippen LogP contribution in [-0.4, -0.2) is 74.3 Å². The van der Waals surface area contributed by atoms with Gasteiger partial charge in [-0.05, 0) is 25.2 Å². The Morgan fingerprint density at radius 1 is 1.07 bits per heavy atom. The molecule has 154 valence electrons. The number of rotatable bonds is 4. The van der Waals surface area contributed by atoms with Crippen LogP contribution in [0.15, 0.2) is 0 Å². The van der Waals surface area contributed by atoms with Crippen molar-refractivity contribution in [1.82, 2.24) is 14.9 Å². The number of carbonyl (C=O) groups is 1. The zero-order chi connectivity index (χ0) is 19.5. The smallest absolute Gasteiger partial charge is 0.227 e. The van der Waals surface area contributed by atoms with E-state index in [4.69, 9.17) is 14.7 Å². The van der Waals surface area contributed by atoms with Gasteiger partial charge in [-0.25, -0.2) is 4.98 Å². The molecule has 0 bridgehead atoms. The highest BCUT2D eigenvalue weighted by molar-refractivity contribution is 5.76. The predicted molar refractivity (Wildman–Crippen MR) is 110 cm³/mol. The van der Waals surface area contributed by atoms with Gasteiger partial charge in [0.15, 0.2) is 0 Å². The van der Waals surface area contributed by atoms with Crippen LogP contribution in [0.4, 0.5) is 11.8 Å². The maximum Gasteiger partial charge on any atom is 0.227 e. The second-order valence-electron chi connectivity index (χ2n) is 8.50. The first-order chi connectivity index (χ1) is 13.6. The minimum Gasteiger partial charge on any atom is -0.378 e. The zero-order valence-corrected chi connectivity index (χ0v) is 17.3. The number of fused-ring (bicyclic) bond motifs is 1. The van der Waals surface area contributed by atoms with E-state index in [2.05, 4.69) is 14.7 Å². The highest BCUT2D eigenvalue weighted by atomic mass is 16.5. The van der Waals surface area contributed by atoms with Crippen molar-refractivity contribution < 1.29 is 9.53 Å². The average molecular weight is 388 g/mol. The Bertz CT molecular complexity index is 696. The normalized spacial score (nSPS) is 20.8. The number of morpholine rings is 1. The van der Waals surface area contributed by atoms with Gasteiger partial charge in [-0.2, -0.15) is 4.98 Å². The van der Waals surface area contributed by atoms with E-state index >= 15 is 0 Å². The zero-order valence-electron chi connectivity index (χ0n) is 17.3. The van der Waals surface area contributed by atoms with Crippen molar-refractivity contribution in [3.05, 3.63) is 11.3 Å². The van der Waals surface area contributed by atoms with Crippen molar-refractivity contribution in [1.29, 1.82) is 0 Å². The molecule has 2 fully saturated rings. The molecule has 1 aromatic heterocycles. The molecular weight excluding hydrogens is 354 g/mol. The summed E-state index contributed by atoms with van der Waals surface area (Å²) in [4.78, 5) is 29.0. The summed E-state index contributed by atoms with van der Waals surface area (Å²) >= 11 is 0. The molecule has 1 amide bonds. The molecule has 1 aromatic rings. The number of anilines is 2. The van der Waals surface area contributed by atoms with Gasteiger partial charge in [0.25, 0.3) is 0 Å². The third-order valence-corrected chi connectivity index (χ3v) is 6.32. The molecule has 3 heterocycles. The van der Waals surface area contributed by atoms with E-state index in [1.807, 2.05) is 14.1 Å². The second kappa shape index (κ2) is 8.64. The van der Waals surface area contributed by atoms with Gasteiger partial charge < -0.3 is 19.4 Å². The van der Waals surface area contributed by atoms with Crippen LogP contribution in [0.3, 0.4) is 0 Å². The lowest BCUT2D eigenvalue weighted by Crippen LogP contribution is -2.38. The molecule has 0 aromatic carbocycles. The van der Waals surface area contributed by atoms with Crippen molar-refractivity contribution >= 4 is 17.7 Å². The molecule has 7 nitrogen and oxygen atoms in total. The van der Waals surface area contributed by atoms with Crippen LogP contribution < -0.4 is 9.80 Å². The van der Waals surface area contributed by atoms with E-state index in [1.54, 1.807) is 0 Å². The number of amides is 1. The van der Waals surface area contributed by atoms with Gasteiger partial charge in [-0.15, -0.1) is 0 Å². The van der Waals surface area contributed by atoms with E-state index in [0.717, 1.165) is 76.1 Å². The number of hydrogen-bond acceptors (Lipinski definition) is 6. The third kappa shape index (κ3) is 4.24. The lowest BCUT2D eigenvalue weighted by Gasteiger charge is -2.28. The number of ether oxygens (including phenoxy) is 1. The minimum atomic E-state index is 0.326. The maximum atomic E-state index is 12.8. The van der Waals surface area contributed by atoms with Gasteiger partial charge in [-0.1, -0.05) is 12.8 Å². The second-order valence-corrected chi connectivity index (χ2v) is 8.50. The lowest BCUT2D eigenvalue weighted by molar-refractivity contribution is -0.132. The summed E-state index contributed by atoms with van der Waals surface area (Å²) in [5, 5.41) is 0. The fourth-order valence-corrected chi connectivity index (χ4v) is 4.68. The molecule has 7 heteroatoms. The lowest BCUT2D eigenvalue weighted by atomic mass is 10.0. The van der Waals surface area contributed by atoms with Crippen LogP contribution in [0.1, 0.15) is 43.4 Å². The van der Waals surface area contributed by atoms with E-state index in [1.165, 1.54) is 31.2 Å². The fourth-order valence-electron chi connectivity index (χ4n) is 4.68. The molecule has 2 aliphatic heterocycles. The van der Waals surface area contributed by atoms with Crippen LogP contribution >= 0.6 is 0 Å². The predicted octanol–water partition coefficient (Wildman–Crippen LogP) is 1.89. The van der Waals surface area contributed by atoms with Gasteiger partial charge in [-0.3, -0.25) is 4.79 Å². The van der Waals surface area contributed by atoms with Crippen LogP contribution in [0.5, 0.6) is 0 Å². The summed E-state index contributed by atoms with van der Waals surface area (Å²) in [7, 11) is 4.08. The Kier molecular flexibility index (Phi) is 5.99. The van der Waals surface area contributed by atoms with Crippen molar-refractivity contribution in [2.75, 3.05) is 63.3 Å². The molecule has 28 heavy (non-hydrogen) atoms. The van der Waals surface area contributed by atoms with Crippen molar-refractivity contribution in [2.45, 2.75) is 44.9 Å². The molecular formula is C21H33N5O2. The summed E-state index contributed by atoms with van der Waals surface area (Å²) in [6.45, 7) is 4.66. The molecule has 0 unspecified atom stereocenters. The maximum absolute atomic E-state index is 12.8. The van der Waals surface area contributed by atoms with Gasteiger partial charge in [0.05, 0.1) is 18.9 Å². The Balaban J connectivity index is 1.51. The molecule has 0 spiro atoms. The highest BCUT2D eigenvalue weighted by Gasteiger charge is 2.27. The quantitative estimate of drug-likeness (QED) is 0.786. The Morgan fingerprint density at radius 3 is 2.50 bits per heavy atom. The van der Waals surface area contributed by atoms with Gasteiger partial charge in [0, 0.05) is 58.7 Å². The highest BCUT2D eigenvalue weighted by Crippen LogP contribution is 2.30. The number of aromatic nitrogens is 2. The third-order valence-electron chi connectivity index (χ3n) is 6.32. The SMILES string of the molecule is CN(C)c1nc(N2CCOCC2)nc2c1CCN(C(=O)CC1CCCC1)CC2. The largest absolute Gasteiger partial charge is 0.378 e. The average Bonchev–Trinajstić information content (AvgIpc) is 3.11. The summed E-state index contributed by atoms with van der Waals surface area (Å²) in [6, 6.07) is 0. The van der Waals surface area contributed by atoms with E-state index in [-0.39, 0.29) is 0 Å². The summed E-state index contributed by atoms with van der Waals surface area (Å²) < 4.78 is 5.47. The molecule has 1 saturated carbocycles. The van der Waals surface area contributed by atoms with Crippen LogP contribution in [0.25, 0.3) is 0 Å². The number of nitrogens with zero attached hydrogens (tertiary/aromatic N) is 5. The van der Waals surface area contributed by atoms with Crippen LogP contribution in [0, 0.1) is 5.92 Å². The van der Waals surface area contributed by atoms with Crippen molar-refractivity contribution in [3.63, 3.8) is 0 Å². The van der Waals surface area contributed by atoms with E-state index < -0.39 is 0 Å². The first kappa shape index (κ1) is 19.4. The first-order valence-corrected chi connectivity index (χ1v) is 10.8. The summed E-state index contributed by atoms with van der Waals surface area (Å²) in [6.07, 6.45) is 7.39. The molecule has 1 saturated heterocycles. The van der Waals surface area contributed by atoms with Crippen molar-refractivity contribution in [2.24, 2.45) is 5.92 Å². The Morgan fingerprint density at radius 2 is 1.79 bits per heavy atom. The van der Waals surface area contributed by atoms with Gasteiger partial charge >= 0.3 is 0 Å². The van der Waals surface area contributed by atoms with Gasteiger partial charge in [0.2, 0.25) is 11.9 Å². The van der Waals surface area contributed by atoms with Crippen LogP contribution in [-0.2, 0) is 22.4 Å². The van der Waals surface area contributed by atoms with Crippen LogP contribution in [0.2, 0.25) is 0 Å².